The Kier molecular flexibility index (Phi) is 5.62. The smallest absolute Gasteiger partial charge is 0.244 e. The average Bonchev–Trinajstić information content (AvgIpc) is 2.47. The maximum atomic E-state index is 12.8. The SMILES string of the molecule is NCc1ccc(S(=O)(=O)N2CCCCC2CCO)c(Cl)c1. The topological polar surface area (TPSA) is 83.6 Å². The summed E-state index contributed by atoms with van der Waals surface area (Å²) in [5, 5.41) is 9.33. The molecule has 1 aromatic rings. The van der Waals surface area contributed by atoms with Crippen molar-refractivity contribution < 1.29 is 13.5 Å². The second kappa shape index (κ2) is 7.07. The van der Waals surface area contributed by atoms with Crippen LogP contribution in [-0.4, -0.2) is 37.0 Å². The molecule has 1 heterocycles. The molecule has 0 aliphatic carbocycles. The van der Waals surface area contributed by atoms with Crippen LogP contribution in [0, 0.1) is 0 Å². The number of piperidine rings is 1. The third kappa shape index (κ3) is 3.57. The van der Waals surface area contributed by atoms with Crippen LogP contribution in [0.25, 0.3) is 0 Å². The van der Waals surface area contributed by atoms with Gasteiger partial charge in [-0.05, 0) is 37.0 Å². The maximum Gasteiger partial charge on any atom is 0.244 e. The Morgan fingerprint density at radius 3 is 2.76 bits per heavy atom. The number of rotatable bonds is 5. The van der Waals surface area contributed by atoms with Crippen molar-refractivity contribution in [3.8, 4) is 0 Å². The molecular formula is C14H21ClN2O3S. The van der Waals surface area contributed by atoms with Crippen molar-refractivity contribution in [1.82, 2.24) is 4.31 Å². The highest BCUT2D eigenvalue weighted by Gasteiger charge is 2.34. The van der Waals surface area contributed by atoms with Gasteiger partial charge in [-0.15, -0.1) is 0 Å². The van der Waals surface area contributed by atoms with Gasteiger partial charge in [-0.2, -0.15) is 4.31 Å². The first-order valence-electron chi connectivity index (χ1n) is 7.12. The number of sulfonamides is 1. The van der Waals surface area contributed by atoms with E-state index in [1.54, 1.807) is 12.1 Å². The summed E-state index contributed by atoms with van der Waals surface area (Å²) in [6.45, 7) is 0.773. The molecule has 1 unspecified atom stereocenters. The van der Waals surface area contributed by atoms with E-state index in [0.29, 0.717) is 19.5 Å². The van der Waals surface area contributed by atoms with Gasteiger partial charge in [0, 0.05) is 25.7 Å². The maximum absolute atomic E-state index is 12.8. The summed E-state index contributed by atoms with van der Waals surface area (Å²) >= 11 is 6.13. The molecule has 2 rings (SSSR count). The predicted molar refractivity (Wildman–Crippen MR) is 82.6 cm³/mol. The molecule has 1 saturated heterocycles. The Bertz CT molecular complexity index is 590. The molecule has 0 aromatic heterocycles. The summed E-state index contributed by atoms with van der Waals surface area (Å²) < 4.78 is 27.1. The van der Waals surface area contributed by atoms with E-state index < -0.39 is 10.0 Å². The van der Waals surface area contributed by atoms with Crippen molar-refractivity contribution in [2.24, 2.45) is 5.73 Å². The molecule has 1 aromatic carbocycles. The average molecular weight is 333 g/mol. The Morgan fingerprint density at radius 2 is 2.14 bits per heavy atom. The van der Waals surface area contributed by atoms with Crippen LogP contribution < -0.4 is 5.73 Å². The van der Waals surface area contributed by atoms with Crippen LogP contribution in [0.3, 0.4) is 0 Å². The molecule has 1 fully saturated rings. The molecule has 7 heteroatoms. The Labute approximate surface area is 130 Å². The number of halogens is 1. The van der Waals surface area contributed by atoms with Gasteiger partial charge >= 0.3 is 0 Å². The Balaban J connectivity index is 2.35. The fourth-order valence-electron chi connectivity index (χ4n) is 2.73. The highest BCUT2D eigenvalue weighted by molar-refractivity contribution is 7.89. The van der Waals surface area contributed by atoms with Crippen LogP contribution in [0.2, 0.25) is 5.02 Å². The number of nitrogens with two attached hydrogens (primary N) is 1. The van der Waals surface area contributed by atoms with E-state index >= 15 is 0 Å². The van der Waals surface area contributed by atoms with Crippen LogP contribution in [0.1, 0.15) is 31.2 Å². The second-order valence-electron chi connectivity index (χ2n) is 5.25. The van der Waals surface area contributed by atoms with Gasteiger partial charge in [-0.1, -0.05) is 24.1 Å². The number of nitrogens with zero attached hydrogens (tertiary/aromatic N) is 1. The molecule has 0 spiro atoms. The zero-order valence-electron chi connectivity index (χ0n) is 11.8. The van der Waals surface area contributed by atoms with E-state index in [0.717, 1.165) is 24.8 Å². The number of hydrogen-bond donors (Lipinski definition) is 2. The highest BCUT2D eigenvalue weighted by Crippen LogP contribution is 2.31. The summed E-state index contributed by atoms with van der Waals surface area (Å²) in [4.78, 5) is 0.117. The van der Waals surface area contributed by atoms with Gasteiger partial charge in [-0.25, -0.2) is 8.42 Å². The molecular weight excluding hydrogens is 312 g/mol. The molecule has 0 radical (unpaired) electrons. The van der Waals surface area contributed by atoms with Crippen LogP contribution in [0.15, 0.2) is 23.1 Å². The molecule has 1 atom stereocenters. The Morgan fingerprint density at radius 1 is 1.38 bits per heavy atom. The first-order valence-corrected chi connectivity index (χ1v) is 8.93. The van der Waals surface area contributed by atoms with Crippen LogP contribution in [-0.2, 0) is 16.6 Å². The zero-order valence-corrected chi connectivity index (χ0v) is 13.4. The number of hydrogen-bond acceptors (Lipinski definition) is 4. The summed E-state index contributed by atoms with van der Waals surface area (Å²) in [6, 6.07) is 4.65. The van der Waals surface area contributed by atoms with E-state index in [1.165, 1.54) is 10.4 Å². The van der Waals surface area contributed by atoms with Gasteiger partial charge in [0.15, 0.2) is 0 Å². The van der Waals surface area contributed by atoms with Crippen molar-refractivity contribution in [3.63, 3.8) is 0 Å². The van der Waals surface area contributed by atoms with E-state index in [2.05, 4.69) is 0 Å². The van der Waals surface area contributed by atoms with Crippen molar-refractivity contribution in [2.45, 2.75) is 43.2 Å². The predicted octanol–water partition coefficient (Wildman–Crippen LogP) is 1.72. The van der Waals surface area contributed by atoms with Crippen molar-refractivity contribution in [2.75, 3.05) is 13.2 Å². The van der Waals surface area contributed by atoms with Crippen molar-refractivity contribution in [1.29, 1.82) is 0 Å². The Hall–Kier alpha value is -0.660. The van der Waals surface area contributed by atoms with E-state index in [1.807, 2.05) is 0 Å². The lowest BCUT2D eigenvalue weighted by Crippen LogP contribution is -2.44. The molecule has 3 N–H and O–H groups in total. The monoisotopic (exact) mass is 332 g/mol. The normalized spacial score (nSPS) is 20.6. The van der Waals surface area contributed by atoms with E-state index in [4.69, 9.17) is 22.4 Å². The zero-order chi connectivity index (χ0) is 15.5. The lowest BCUT2D eigenvalue weighted by Gasteiger charge is -2.34. The summed E-state index contributed by atoms with van der Waals surface area (Å²) in [5.41, 5.74) is 6.33. The largest absolute Gasteiger partial charge is 0.396 e. The summed E-state index contributed by atoms with van der Waals surface area (Å²) in [5.74, 6) is 0. The minimum Gasteiger partial charge on any atom is -0.396 e. The third-order valence-corrected chi connectivity index (χ3v) is 6.29. The lowest BCUT2D eigenvalue weighted by atomic mass is 10.0. The summed E-state index contributed by atoms with van der Waals surface area (Å²) in [7, 11) is -3.64. The van der Waals surface area contributed by atoms with Gasteiger partial charge in [0.05, 0.1) is 5.02 Å². The van der Waals surface area contributed by atoms with Crippen LogP contribution >= 0.6 is 11.6 Å². The van der Waals surface area contributed by atoms with Crippen molar-refractivity contribution >= 4 is 21.6 Å². The standard InChI is InChI=1S/C14H21ClN2O3S/c15-13-9-11(10-16)4-5-14(13)21(19,20)17-7-2-1-3-12(17)6-8-18/h4-5,9,12,18H,1-3,6-8,10,16H2. The molecule has 21 heavy (non-hydrogen) atoms. The fourth-order valence-corrected chi connectivity index (χ4v) is 5.00. The van der Waals surface area contributed by atoms with Gasteiger partial charge in [0.2, 0.25) is 10.0 Å². The van der Waals surface area contributed by atoms with E-state index in [-0.39, 0.29) is 22.6 Å². The molecule has 118 valence electrons. The van der Waals surface area contributed by atoms with Gasteiger partial charge in [-0.3, -0.25) is 0 Å². The van der Waals surface area contributed by atoms with Gasteiger partial charge < -0.3 is 10.8 Å². The quantitative estimate of drug-likeness (QED) is 0.860. The molecule has 1 aliphatic rings. The van der Waals surface area contributed by atoms with Crippen LogP contribution in [0.4, 0.5) is 0 Å². The third-order valence-electron chi connectivity index (χ3n) is 3.85. The molecule has 5 nitrogen and oxygen atoms in total. The molecule has 0 amide bonds. The van der Waals surface area contributed by atoms with Gasteiger partial charge in [0.25, 0.3) is 0 Å². The van der Waals surface area contributed by atoms with Gasteiger partial charge in [0.1, 0.15) is 4.90 Å². The fraction of sp³-hybridized carbons (Fsp3) is 0.571. The number of aliphatic hydroxyl groups excluding tert-OH is 1. The first kappa shape index (κ1) is 16.7. The minimum absolute atomic E-state index is 0.0173. The molecule has 0 bridgehead atoms. The van der Waals surface area contributed by atoms with Crippen LogP contribution in [0.5, 0.6) is 0 Å². The highest BCUT2D eigenvalue weighted by atomic mass is 35.5. The number of aliphatic hydroxyl groups is 1. The molecule has 0 saturated carbocycles. The molecule has 1 aliphatic heterocycles. The second-order valence-corrected chi connectivity index (χ2v) is 7.51. The van der Waals surface area contributed by atoms with Crippen molar-refractivity contribution in [3.05, 3.63) is 28.8 Å². The first-order chi connectivity index (χ1) is 10.0. The number of benzene rings is 1. The van der Waals surface area contributed by atoms with E-state index in [9.17, 15) is 8.42 Å². The summed E-state index contributed by atoms with van der Waals surface area (Å²) in [6.07, 6.45) is 3.05. The minimum atomic E-state index is -3.64. The lowest BCUT2D eigenvalue weighted by molar-refractivity contribution is 0.192.